The van der Waals surface area contributed by atoms with Crippen molar-refractivity contribution in [3.8, 4) is 5.69 Å². The van der Waals surface area contributed by atoms with Crippen LogP contribution in [0.25, 0.3) is 5.69 Å². The van der Waals surface area contributed by atoms with Crippen molar-refractivity contribution >= 4 is 5.91 Å². The smallest absolute Gasteiger partial charge is 0.276 e. The summed E-state index contributed by atoms with van der Waals surface area (Å²) in [6.07, 6.45) is 3.68. The Labute approximate surface area is 159 Å². The molecule has 2 aromatic carbocycles. The van der Waals surface area contributed by atoms with Crippen LogP contribution in [0.2, 0.25) is 0 Å². The van der Waals surface area contributed by atoms with Crippen LogP contribution in [0.4, 0.5) is 0 Å². The second kappa shape index (κ2) is 7.35. The lowest BCUT2D eigenvalue weighted by molar-refractivity contribution is 0.0723. The van der Waals surface area contributed by atoms with Gasteiger partial charge in [0.05, 0.1) is 11.9 Å². The zero-order valence-electron chi connectivity index (χ0n) is 15.7. The average molecular weight is 360 g/mol. The van der Waals surface area contributed by atoms with Crippen molar-refractivity contribution in [3.63, 3.8) is 0 Å². The van der Waals surface area contributed by atoms with Crippen LogP contribution in [0.5, 0.6) is 0 Å². The van der Waals surface area contributed by atoms with Gasteiger partial charge in [0.2, 0.25) is 0 Å². The van der Waals surface area contributed by atoms with Crippen LogP contribution in [-0.2, 0) is 6.54 Å². The number of aromatic nitrogens is 3. The first-order chi connectivity index (χ1) is 13.1. The third-order valence-corrected chi connectivity index (χ3v) is 4.95. The summed E-state index contributed by atoms with van der Waals surface area (Å²) in [5.41, 5.74) is 3.70. The monoisotopic (exact) mass is 360 g/mol. The Kier molecular flexibility index (Phi) is 4.75. The van der Waals surface area contributed by atoms with Crippen LogP contribution in [0.1, 0.15) is 54.2 Å². The molecule has 0 unspecified atom stereocenters. The summed E-state index contributed by atoms with van der Waals surface area (Å²) < 4.78 is 0. The van der Waals surface area contributed by atoms with Gasteiger partial charge in [-0.2, -0.15) is 9.90 Å². The van der Waals surface area contributed by atoms with E-state index in [1.54, 1.807) is 6.20 Å². The summed E-state index contributed by atoms with van der Waals surface area (Å²) in [5, 5.41) is 8.67. The summed E-state index contributed by atoms with van der Waals surface area (Å²) >= 11 is 0. The molecule has 5 nitrogen and oxygen atoms in total. The molecule has 0 bridgehead atoms. The number of amides is 1. The minimum absolute atomic E-state index is 0.0485. The van der Waals surface area contributed by atoms with Crippen LogP contribution < -0.4 is 0 Å². The largest absolute Gasteiger partial charge is 0.330 e. The van der Waals surface area contributed by atoms with E-state index in [-0.39, 0.29) is 5.91 Å². The van der Waals surface area contributed by atoms with Gasteiger partial charge in [0.1, 0.15) is 0 Å². The van der Waals surface area contributed by atoms with Crippen LogP contribution in [0.15, 0.2) is 60.8 Å². The molecule has 138 valence electrons. The maximum Gasteiger partial charge on any atom is 0.276 e. The van der Waals surface area contributed by atoms with Crippen molar-refractivity contribution < 1.29 is 4.79 Å². The summed E-state index contributed by atoms with van der Waals surface area (Å²) in [7, 11) is 0. The van der Waals surface area contributed by atoms with Crippen LogP contribution >= 0.6 is 0 Å². The molecule has 3 aromatic rings. The second-order valence-corrected chi connectivity index (χ2v) is 7.42. The topological polar surface area (TPSA) is 51.0 Å². The fourth-order valence-corrected chi connectivity index (χ4v) is 3.15. The molecule has 1 saturated carbocycles. The molecule has 0 aliphatic heterocycles. The predicted molar refractivity (Wildman–Crippen MR) is 105 cm³/mol. The fraction of sp³-hybridized carbons (Fsp3) is 0.318. The SMILES string of the molecule is CC(C)c1ccc(CN(C(=O)c2cnn(-c3ccccc3)n2)C2CC2)cc1. The van der Waals surface area contributed by atoms with Gasteiger partial charge in [-0.3, -0.25) is 4.79 Å². The summed E-state index contributed by atoms with van der Waals surface area (Å²) in [6, 6.07) is 18.5. The second-order valence-electron chi connectivity index (χ2n) is 7.42. The molecular formula is C22H24N4O. The van der Waals surface area contributed by atoms with Gasteiger partial charge >= 0.3 is 0 Å². The summed E-state index contributed by atoms with van der Waals surface area (Å²) in [6.45, 7) is 4.98. The molecule has 5 heteroatoms. The molecule has 1 aliphatic carbocycles. The minimum Gasteiger partial charge on any atom is -0.330 e. The van der Waals surface area contributed by atoms with Gasteiger partial charge in [0.25, 0.3) is 5.91 Å². The molecule has 1 heterocycles. The first-order valence-corrected chi connectivity index (χ1v) is 9.49. The van der Waals surface area contributed by atoms with Crippen molar-refractivity contribution in [2.75, 3.05) is 0 Å². The van der Waals surface area contributed by atoms with E-state index in [1.807, 2.05) is 35.2 Å². The molecule has 0 radical (unpaired) electrons. The molecular weight excluding hydrogens is 336 g/mol. The number of benzene rings is 2. The van der Waals surface area contributed by atoms with Gasteiger partial charge in [-0.15, -0.1) is 5.10 Å². The Morgan fingerprint density at radius 1 is 1.11 bits per heavy atom. The highest BCUT2D eigenvalue weighted by molar-refractivity contribution is 5.92. The molecule has 1 amide bonds. The quantitative estimate of drug-likeness (QED) is 0.662. The normalized spacial score (nSPS) is 13.7. The molecule has 0 saturated heterocycles. The van der Waals surface area contributed by atoms with Crippen molar-refractivity contribution in [1.29, 1.82) is 0 Å². The van der Waals surface area contributed by atoms with Gasteiger partial charge in [-0.25, -0.2) is 0 Å². The molecule has 1 fully saturated rings. The van der Waals surface area contributed by atoms with E-state index < -0.39 is 0 Å². The maximum atomic E-state index is 13.1. The van der Waals surface area contributed by atoms with Gasteiger partial charge in [-0.05, 0) is 42.0 Å². The highest BCUT2D eigenvalue weighted by Crippen LogP contribution is 2.30. The van der Waals surface area contributed by atoms with Crippen LogP contribution in [0, 0.1) is 0 Å². The van der Waals surface area contributed by atoms with Gasteiger partial charge in [0, 0.05) is 12.6 Å². The fourth-order valence-electron chi connectivity index (χ4n) is 3.15. The Bertz CT molecular complexity index is 911. The molecule has 0 spiro atoms. The van der Waals surface area contributed by atoms with E-state index in [2.05, 4.69) is 48.3 Å². The zero-order chi connectivity index (χ0) is 18.8. The first-order valence-electron chi connectivity index (χ1n) is 9.49. The highest BCUT2D eigenvalue weighted by Gasteiger charge is 2.34. The lowest BCUT2D eigenvalue weighted by atomic mass is 10.0. The zero-order valence-corrected chi connectivity index (χ0v) is 15.7. The first kappa shape index (κ1) is 17.5. The molecule has 0 N–H and O–H groups in total. The standard InChI is InChI=1S/C22H24N4O/c1-16(2)18-10-8-17(9-11-18)15-25(19-12-13-19)22(27)21-14-23-26(24-21)20-6-4-3-5-7-20/h3-11,14,16,19H,12-13,15H2,1-2H3. The number of para-hydroxylation sites is 1. The Balaban J connectivity index is 1.52. The van der Waals surface area contributed by atoms with Crippen molar-refractivity contribution in [2.45, 2.75) is 45.2 Å². The van der Waals surface area contributed by atoms with E-state index in [0.717, 1.165) is 24.1 Å². The Hall–Kier alpha value is -2.95. The van der Waals surface area contributed by atoms with E-state index in [4.69, 9.17) is 0 Å². The lowest BCUT2D eigenvalue weighted by Crippen LogP contribution is -2.33. The van der Waals surface area contributed by atoms with Crippen LogP contribution in [0.3, 0.4) is 0 Å². The van der Waals surface area contributed by atoms with E-state index in [9.17, 15) is 4.79 Å². The van der Waals surface area contributed by atoms with E-state index in [1.165, 1.54) is 10.4 Å². The van der Waals surface area contributed by atoms with E-state index >= 15 is 0 Å². The summed E-state index contributed by atoms with van der Waals surface area (Å²) in [5.74, 6) is 0.459. The van der Waals surface area contributed by atoms with Gasteiger partial charge in [0.15, 0.2) is 5.69 Å². The molecule has 4 rings (SSSR count). The van der Waals surface area contributed by atoms with Crippen molar-refractivity contribution in [3.05, 3.63) is 77.6 Å². The molecule has 1 aromatic heterocycles. The third kappa shape index (κ3) is 3.92. The van der Waals surface area contributed by atoms with Crippen LogP contribution in [-0.4, -0.2) is 31.8 Å². The predicted octanol–water partition coefficient (Wildman–Crippen LogP) is 4.20. The third-order valence-electron chi connectivity index (χ3n) is 4.95. The number of carbonyl (C=O) groups excluding carboxylic acids is 1. The Morgan fingerprint density at radius 2 is 1.81 bits per heavy atom. The van der Waals surface area contributed by atoms with Crippen molar-refractivity contribution in [1.82, 2.24) is 19.9 Å². The average Bonchev–Trinajstić information content (AvgIpc) is 3.42. The summed E-state index contributed by atoms with van der Waals surface area (Å²) in [4.78, 5) is 16.5. The Morgan fingerprint density at radius 3 is 2.44 bits per heavy atom. The lowest BCUT2D eigenvalue weighted by Gasteiger charge is -2.21. The van der Waals surface area contributed by atoms with Gasteiger partial charge < -0.3 is 4.90 Å². The highest BCUT2D eigenvalue weighted by atomic mass is 16.2. The number of hydrogen-bond acceptors (Lipinski definition) is 3. The molecule has 0 atom stereocenters. The van der Waals surface area contributed by atoms with Gasteiger partial charge in [-0.1, -0.05) is 56.3 Å². The molecule has 27 heavy (non-hydrogen) atoms. The minimum atomic E-state index is -0.0485. The maximum absolute atomic E-state index is 13.1. The number of nitrogens with zero attached hydrogens (tertiary/aromatic N) is 4. The van der Waals surface area contributed by atoms with Crippen molar-refractivity contribution in [2.24, 2.45) is 0 Å². The number of hydrogen-bond donors (Lipinski definition) is 0. The number of carbonyl (C=O) groups is 1. The van der Waals surface area contributed by atoms with E-state index in [0.29, 0.717) is 24.2 Å². The number of rotatable bonds is 6. The molecule has 1 aliphatic rings.